The van der Waals surface area contributed by atoms with Crippen molar-refractivity contribution in [3.8, 4) is 11.4 Å². The Bertz CT molecular complexity index is 1230. The summed E-state index contributed by atoms with van der Waals surface area (Å²) < 4.78 is 4.00. The molecule has 0 radical (unpaired) electrons. The average Bonchev–Trinajstić information content (AvgIpc) is 3.22. The van der Waals surface area contributed by atoms with E-state index in [1.54, 1.807) is 0 Å². The highest BCUT2D eigenvalue weighted by Gasteiger charge is 2.46. The lowest BCUT2D eigenvalue weighted by molar-refractivity contribution is 0.434. The summed E-state index contributed by atoms with van der Waals surface area (Å²) in [5.74, 6) is 1.64. The van der Waals surface area contributed by atoms with Crippen LogP contribution in [0.5, 0.6) is 0 Å². The highest BCUT2D eigenvalue weighted by Crippen LogP contribution is 2.49. The predicted octanol–water partition coefficient (Wildman–Crippen LogP) is 3.93. The van der Waals surface area contributed by atoms with Crippen molar-refractivity contribution < 1.29 is 0 Å². The van der Waals surface area contributed by atoms with Gasteiger partial charge < -0.3 is 0 Å². The fourth-order valence-electron chi connectivity index (χ4n) is 5.12. The summed E-state index contributed by atoms with van der Waals surface area (Å²) in [6, 6.07) is 8.52. The maximum Gasteiger partial charge on any atom is 0.328 e. The van der Waals surface area contributed by atoms with E-state index in [9.17, 15) is 4.79 Å². The molecule has 3 aromatic rings. The number of aliphatic imine (C=N–C) groups is 1. The van der Waals surface area contributed by atoms with E-state index in [4.69, 9.17) is 0 Å². The summed E-state index contributed by atoms with van der Waals surface area (Å²) in [5, 5.41) is 14.5. The van der Waals surface area contributed by atoms with E-state index < -0.39 is 0 Å². The molecular weight excluding hydrogens is 414 g/mol. The number of unbranched alkanes of at least 4 members (excludes halogenated alkanes) is 1. The second-order valence-corrected chi connectivity index (χ2v) is 9.53. The molecule has 1 aliphatic carbocycles. The van der Waals surface area contributed by atoms with Crippen molar-refractivity contribution in [3.63, 3.8) is 0 Å². The fourth-order valence-corrected chi connectivity index (χ4v) is 5.12. The SMILES string of the molecule is CCCCc1cn(C2C(C)C2C)c(=O)n1CC1(c2cccc(-c3nn[nH]n3)c2)C=CN=CC1. The molecule has 0 spiro atoms. The summed E-state index contributed by atoms with van der Waals surface area (Å²) in [4.78, 5) is 18.0. The number of H-pyrrole nitrogens is 1. The van der Waals surface area contributed by atoms with Crippen LogP contribution in [0, 0.1) is 11.8 Å². The third-order valence-electron chi connectivity index (χ3n) is 7.48. The van der Waals surface area contributed by atoms with Gasteiger partial charge in [0, 0.05) is 47.9 Å². The van der Waals surface area contributed by atoms with Crippen molar-refractivity contribution in [3.05, 3.63) is 64.5 Å². The van der Waals surface area contributed by atoms with Crippen molar-refractivity contribution in [2.24, 2.45) is 16.8 Å². The van der Waals surface area contributed by atoms with Crippen LogP contribution in [0.25, 0.3) is 11.4 Å². The molecule has 2 aromatic heterocycles. The zero-order valence-corrected chi connectivity index (χ0v) is 19.5. The van der Waals surface area contributed by atoms with Crippen LogP contribution >= 0.6 is 0 Å². The van der Waals surface area contributed by atoms with E-state index in [2.05, 4.69) is 70.8 Å². The van der Waals surface area contributed by atoms with Gasteiger partial charge in [-0.3, -0.25) is 14.1 Å². The summed E-state index contributed by atoms with van der Waals surface area (Å²) in [5.41, 5.74) is 2.86. The number of imidazole rings is 1. The van der Waals surface area contributed by atoms with Crippen molar-refractivity contribution in [1.29, 1.82) is 0 Å². The maximum atomic E-state index is 13.7. The zero-order valence-electron chi connectivity index (χ0n) is 19.5. The minimum absolute atomic E-state index is 0.104. The van der Waals surface area contributed by atoms with E-state index in [0.717, 1.165) is 42.5 Å². The molecule has 0 saturated heterocycles. The monoisotopic (exact) mass is 445 g/mol. The Labute approximate surface area is 193 Å². The molecule has 2 aliphatic rings. The minimum Gasteiger partial charge on any atom is -0.295 e. The lowest BCUT2D eigenvalue weighted by Gasteiger charge is -2.32. The Hall–Kier alpha value is -3.29. The molecule has 0 bridgehead atoms. The van der Waals surface area contributed by atoms with Crippen molar-refractivity contribution >= 4 is 6.21 Å². The van der Waals surface area contributed by atoms with Crippen LogP contribution in [0.3, 0.4) is 0 Å². The summed E-state index contributed by atoms with van der Waals surface area (Å²) in [7, 11) is 0. The number of aromatic nitrogens is 6. The Morgan fingerprint density at radius 3 is 2.76 bits per heavy atom. The Kier molecular flexibility index (Phi) is 5.60. The fraction of sp³-hybridized carbons (Fsp3) is 0.480. The second kappa shape index (κ2) is 8.57. The molecule has 0 amide bonds. The van der Waals surface area contributed by atoms with Crippen LogP contribution in [-0.2, 0) is 18.4 Å². The molecule has 8 heteroatoms. The second-order valence-electron chi connectivity index (χ2n) is 9.53. The first-order valence-corrected chi connectivity index (χ1v) is 11.9. The first-order valence-electron chi connectivity index (χ1n) is 11.9. The van der Waals surface area contributed by atoms with Crippen LogP contribution < -0.4 is 5.69 Å². The number of hydrogen-bond donors (Lipinski definition) is 1. The third kappa shape index (κ3) is 3.87. The van der Waals surface area contributed by atoms with E-state index in [1.807, 2.05) is 33.7 Å². The van der Waals surface area contributed by atoms with Crippen molar-refractivity contribution in [2.75, 3.05) is 0 Å². The smallest absolute Gasteiger partial charge is 0.295 e. The van der Waals surface area contributed by atoms with E-state index in [0.29, 0.717) is 30.2 Å². The Balaban J connectivity index is 1.57. The number of hydrogen-bond acceptors (Lipinski definition) is 5. The van der Waals surface area contributed by atoms with Crippen molar-refractivity contribution in [2.45, 2.75) is 64.5 Å². The molecule has 8 nitrogen and oxygen atoms in total. The van der Waals surface area contributed by atoms with Crippen LogP contribution in [0.15, 0.2) is 52.5 Å². The number of benzene rings is 1. The summed E-state index contributed by atoms with van der Waals surface area (Å²) in [6.45, 7) is 7.23. The van der Waals surface area contributed by atoms with Gasteiger partial charge in [-0.15, -0.1) is 10.2 Å². The van der Waals surface area contributed by atoms with Gasteiger partial charge in [0.15, 0.2) is 0 Å². The van der Waals surface area contributed by atoms with Crippen LogP contribution in [-0.4, -0.2) is 36.0 Å². The van der Waals surface area contributed by atoms with Gasteiger partial charge in [0.2, 0.25) is 5.82 Å². The molecule has 3 atom stereocenters. The molecule has 5 rings (SSSR count). The van der Waals surface area contributed by atoms with Gasteiger partial charge in [0.1, 0.15) is 0 Å². The van der Waals surface area contributed by atoms with Crippen molar-refractivity contribution in [1.82, 2.24) is 29.8 Å². The zero-order chi connectivity index (χ0) is 23.0. The summed E-state index contributed by atoms with van der Waals surface area (Å²) >= 11 is 0. The number of tetrazole rings is 1. The quantitative estimate of drug-likeness (QED) is 0.568. The highest BCUT2D eigenvalue weighted by molar-refractivity contribution is 5.65. The highest BCUT2D eigenvalue weighted by atomic mass is 16.1. The number of allylic oxidation sites excluding steroid dienone is 1. The van der Waals surface area contributed by atoms with Gasteiger partial charge in [0.25, 0.3) is 0 Å². The van der Waals surface area contributed by atoms with Gasteiger partial charge in [-0.05, 0) is 47.9 Å². The lowest BCUT2D eigenvalue weighted by Crippen LogP contribution is -2.37. The number of aromatic amines is 1. The standard InChI is InChI=1S/C25H31N7O/c1-4-5-9-21-15-31(22-17(2)18(22)3)24(33)32(21)16-25(10-12-26-13-11-25)20-8-6-7-19(14-20)23-27-29-30-28-23/h6-8,10,12-15,17-18,22H,4-5,9,11,16H2,1-3H3,(H,27,28,29,30). The largest absolute Gasteiger partial charge is 0.328 e. The molecule has 1 aromatic carbocycles. The first kappa shape index (κ1) is 21.6. The number of nitrogens with zero attached hydrogens (tertiary/aromatic N) is 6. The molecule has 1 aliphatic heterocycles. The molecular formula is C25H31N7O. The number of nitrogens with one attached hydrogen (secondary N) is 1. The average molecular weight is 446 g/mol. The van der Waals surface area contributed by atoms with E-state index in [-0.39, 0.29) is 11.1 Å². The van der Waals surface area contributed by atoms with Crippen LogP contribution in [0.2, 0.25) is 0 Å². The van der Waals surface area contributed by atoms with Gasteiger partial charge in [-0.1, -0.05) is 51.5 Å². The Morgan fingerprint density at radius 1 is 1.24 bits per heavy atom. The van der Waals surface area contributed by atoms with Gasteiger partial charge in [-0.25, -0.2) is 4.79 Å². The number of rotatable bonds is 8. The molecule has 1 fully saturated rings. The van der Waals surface area contributed by atoms with Gasteiger partial charge in [0.05, 0.1) is 0 Å². The molecule has 172 valence electrons. The predicted molar refractivity (Wildman–Crippen MR) is 128 cm³/mol. The topological polar surface area (TPSA) is 93.8 Å². The third-order valence-corrected chi connectivity index (χ3v) is 7.48. The van der Waals surface area contributed by atoms with Crippen LogP contribution in [0.4, 0.5) is 0 Å². The maximum absolute atomic E-state index is 13.7. The van der Waals surface area contributed by atoms with E-state index >= 15 is 0 Å². The normalized spacial score (nSPS) is 26.1. The van der Waals surface area contributed by atoms with Gasteiger partial charge in [-0.2, -0.15) is 5.21 Å². The molecule has 3 heterocycles. The molecule has 1 saturated carbocycles. The Morgan fingerprint density at radius 2 is 2.09 bits per heavy atom. The van der Waals surface area contributed by atoms with E-state index in [1.165, 1.54) is 0 Å². The summed E-state index contributed by atoms with van der Waals surface area (Å²) in [6.07, 6.45) is 11.8. The van der Waals surface area contributed by atoms with Gasteiger partial charge >= 0.3 is 5.69 Å². The lowest BCUT2D eigenvalue weighted by atomic mass is 9.76. The minimum atomic E-state index is -0.376. The molecule has 33 heavy (non-hydrogen) atoms. The molecule has 3 unspecified atom stereocenters. The molecule has 1 N–H and O–H groups in total. The van der Waals surface area contributed by atoms with Crippen LogP contribution in [0.1, 0.15) is 57.3 Å². The number of aryl methyl sites for hydroxylation is 1. The first-order chi connectivity index (χ1) is 16.0.